The topological polar surface area (TPSA) is 49.7 Å². The second-order valence-corrected chi connectivity index (χ2v) is 5.36. The van der Waals surface area contributed by atoms with E-state index in [0.717, 1.165) is 24.0 Å². The fourth-order valence-corrected chi connectivity index (χ4v) is 2.73. The molecular formula is C16H21NO2. The SMILES string of the molecule is C/C(=N\O)c1cccc(CC(=O)C2CCCCC2)c1. The Morgan fingerprint density at radius 1 is 1.32 bits per heavy atom. The van der Waals surface area contributed by atoms with Gasteiger partial charge >= 0.3 is 0 Å². The molecule has 0 amide bonds. The van der Waals surface area contributed by atoms with Crippen LogP contribution in [0.2, 0.25) is 0 Å². The summed E-state index contributed by atoms with van der Waals surface area (Å²) in [4.78, 5) is 12.2. The zero-order valence-electron chi connectivity index (χ0n) is 11.4. The Hall–Kier alpha value is -1.64. The fraction of sp³-hybridized carbons (Fsp3) is 0.500. The number of carbonyl (C=O) groups is 1. The molecule has 0 spiro atoms. The zero-order valence-corrected chi connectivity index (χ0v) is 11.4. The van der Waals surface area contributed by atoms with Gasteiger partial charge in [0, 0.05) is 12.3 Å². The molecule has 1 aromatic rings. The lowest BCUT2D eigenvalue weighted by Gasteiger charge is -2.20. The molecule has 0 radical (unpaired) electrons. The van der Waals surface area contributed by atoms with Crippen molar-refractivity contribution in [3.63, 3.8) is 0 Å². The number of hydrogen-bond donors (Lipinski definition) is 1. The maximum Gasteiger partial charge on any atom is 0.140 e. The summed E-state index contributed by atoms with van der Waals surface area (Å²) in [6.45, 7) is 1.75. The molecule has 3 nitrogen and oxygen atoms in total. The predicted octanol–water partition coefficient (Wildman–Crippen LogP) is 3.58. The van der Waals surface area contributed by atoms with Crippen molar-refractivity contribution in [1.29, 1.82) is 0 Å². The first-order chi connectivity index (χ1) is 9.20. The molecule has 0 heterocycles. The minimum absolute atomic E-state index is 0.255. The van der Waals surface area contributed by atoms with E-state index in [-0.39, 0.29) is 5.92 Å². The predicted molar refractivity (Wildman–Crippen MR) is 75.7 cm³/mol. The monoisotopic (exact) mass is 259 g/mol. The summed E-state index contributed by atoms with van der Waals surface area (Å²) in [7, 11) is 0. The van der Waals surface area contributed by atoms with Gasteiger partial charge in [-0.05, 0) is 37.0 Å². The van der Waals surface area contributed by atoms with Crippen molar-refractivity contribution in [2.45, 2.75) is 45.4 Å². The number of oxime groups is 1. The average Bonchev–Trinajstić information content (AvgIpc) is 2.47. The van der Waals surface area contributed by atoms with Gasteiger partial charge in [0.1, 0.15) is 5.78 Å². The van der Waals surface area contributed by atoms with E-state index in [1.54, 1.807) is 6.92 Å². The van der Waals surface area contributed by atoms with Crippen molar-refractivity contribution in [2.75, 3.05) is 0 Å². The number of rotatable bonds is 4. The van der Waals surface area contributed by atoms with E-state index in [2.05, 4.69) is 5.16 Å². The van der Waals surface area contributed by atoms with Crippen molar-refractivity contribution in [3.8, 4) is 0 Å². The maximum atomic E-state index is 12.2. The van der Waals surface area contributed by atoms with E-state index in [1.165, 1.54) is 19.3 Å². The van der Waals surface area contributed by atoms with E-state index >= 15 is 0 Å². The van der Waals surface area contributed by atoms with Crippen LogP contribution >= 0.6 is 0 Å². The number of nitrogens with zero attached hydrogens (tertiary/aromatic N) is 1. The molecule has 0 aromatic heterocycles. The zero-order chi connectivity index (χ0) is 13.7. The van der Waals surface area contributed by atoms with Crippen LogP contribution in [-0.2, 0) is 11.2 Å². The molecule has 1 aromatic carbocycles. The summed E-state index contributed by atoms with van der Waals surface area (Å²) in [5.41, 5.74) is 2.46. The molecule has 19 heavy (non-hydrogen) atoms. The van der Waals surface area contributed by atoms with Crippen molar-refractivity contribution >= 4 is 11.5 Å². The van der Waals surface area contributed by atoms with Crippen LogP contribution in [0.5, 0.6) is 0 Å². The van der Waals surface area contributed by atoms with Crippen molar-refractivity contribution < 1.29 is 10.0 Å². The molecule has 1 aliphatic carbocycles. The molecule has 1 fully saturated rings. The molecule has 0 bridgehead atoms. The highest BCUT2D eigenvalue weighted by atomic mass is 16.4. The average molecular weight is 259 g/mol. The van der Waals surface area contributed by atoms with E-state index < -0.39 is 0 Å². The summed E-state index contributed by atoms with van der Waals surface area (Å²) in [5, 5.41) is 12.0. The highest BCUT2D eigenvalue weighted by molar-refractivity contribution is 5.98. The highest BCUT2D eigenvalue weighted by Gasteiger charge is 2.21. The van der Waals surface area contributed by atoms with Gasteiger partial charge in [0.15, 0.2) is 0 Å². The van der Waals surface area contributed by atoms with Gasteiger partial charge < -0.3 is 5.21 Å². The smallest absolute Gasteiger partial charge is 0.140 e. The summed E-state index contributed by atoms with van der Waals surface area (Å²) in [6, 6.07) is 7.71. The Bertz CT molecular complexity index is 473. The highest BCUT2D eigenvalue weighted by Crippen LogP contribution is 2.25. The van der Waals surface area contributed by atoms with E-state index in [0.29, 0.717) is 17.9 Å². The number of carbonyl (C=O) groups excluding carboxylic acids is 1. The van der Waals surface area contributed by atoms with Crippen LogP contribution in [0.15, 0.2) is 29.4 Å². The molecular weight excluding hydrogens is 238 g/mol. The molecule has 1 N–H and O–H groups in total. The number of Topliss-reactive ketones (excluding diaryl/α,β-unsaturated/α-hetero) is 1. The molecule has 0 atom stereocenters. The molecule has 0 aliphatic heterocycles. The minimum atomic E-state index is 0.255. The Balaban J connectivity index is 2.04. The Kier molecular flexibility index (Phi) is 4.72. The summed E-state index contributed by atoms with van der Waals surface area (Å²) in [5.74, 6) is 0.612. The first kappa shape index (κ1) is 13.8. The summed E-state index contributed by atoms with van der Waals surface area (Å²) < 4.78 is 0. The third-order valence-electron chi connectivity index (χ3n) is 3.93. The Morgan fingerprint density at radius 2 is 2.05 bits per heavy atom. The lowest BCUT2D eigenvalue weighted by molar-refractivity contribution is -0.123. The third kappa shape index (κ3) is 3.66. The molecule has 2 rings (SSSR count). The molecule has 1 saturated carbocycles. The van der Waals surface area contributed by atoms with Crippen molar-refractivity contribution in [3.05, 3.63) is 35.4 Å². The minimum Gasteiger partial charge on any atom is -0.411 e. The maximum absolute atomic E-state index is 12.2. The number of hydrogen-bond acceptors (Lipinski definition) is 3. The second-order valence-electron chi connectivity index (χ2n) is 5.36. The summed E-state index contributed by atoms with van der Waals surface area (Å²) in [6.07, 6.45) is 6.24. The second kappa shape index (κ2) is 6.50. The van der Waals surface area contributed by atoms with Gasteiger partial charge in [-0.3, -0.25) is 4.79 Å². The number of benzene rings is 1. The van der Waals surface area contributed by atoms with Gasteiger partial charge in [-0.1, -0.05) is 42.6 Å². The fourth-order valence-electron chi connectivity index (χ4n) is 2.73. The van der Waals surface area contributed by atoms with Crippen LogP contribution in [0, 0.1) is 5.92 Å². The summed E-state index contributed by atoms with van der Waals surface area (Å²) >= 11 is 0. The lowest BCUT2D eigenvalue weighted by atomic mass is 9.84. The Labute approximate surface area is 114 Å². The van der Waals surface area contributed by atoms with E-state index in [1.807, 2.05) is 24.3 Å². The molecule has 3 heteroatoms. The van der Waals surface area contributed by atoms with Crippen LogP contribution < -0.4 is 0 Å². The van der Waals surface area contributed by atoms with Crippen LogP contribution in [0.1, 0.15) is 50.2 Å². The molecule has 0 saturated heterocycles. The van der Waals surface area contributed by atoms with Gasteiger partial charge in [0.25, 0.3) is 0 Å². The third-order valence-corrected chi connectivity index (χ3v) is 3.93. The largest absolute Gasteiger partial charge is 0.411 e. The molecule has 1 aliphatic rings. The van der Waals surface area contributed by atoms with Crippen LogP contribution in [0.25, 0.3) is 0 Å². The van der Waals surface area contributed by atoms with Gasteiger partial charge in [0.05, 0.1) is 5.71 Å². The normalized spacial score (nSPS) is 17.4. The van der Waals surface area contributed by atoms with Crippen molar-refractivity contribution in [1.82, 2.24) is 0 Å². The standard InChI is InChI=1S/C16H21NO2/c1-12(17-19)15-9-5-6-13(10-15)11-16(18)14-7-3-2-4-8-14/h5-6,9-10,14,19H,2-4,7-8,11H2,1H3/b17-12+. The first-order valence-corrected chi connectivity index (χ1v) is 7.01. The van der Waals surface area contributed by atoms with Gasteiger partial charge in [0.2, 0.25) is 0 Å². The van der Waals surface area contributed by atoms with Gasteiger partial charge in [-0.25, -0.2) is 0 Å². The number of ketones is 1. The van der Waals surface area contributed by atoms with Crippen LogP contribution in [0.4, 0.5) is 0 Å². The van der Waals surface area contributed by atoms with Gasteiger partial charge in [-0.15, -0.1) is 0 Å². The quantitative estimate of drug-likeness (QED) is 0.510. The van der Waals surface area contributed by atoms with E-state index in [4.69, 9.17) is 5.21 Å². The Morgan fingerprint density at radius 3 is 2.74 bits per heavy atom. The van der Waals surface area contributed by atoms with Crippen molar-refractivity contribution in [2.24, 2.45) is 11.1 Å². The lowest BCUT2D eigenvalue weighted by Crippen LogP contribution is -2.19. The van der Waals surface area contributed by atoms with Gasteiger partial charge in [-0.2, -0.15) is 0 Å². The van der Waals surface area contributed by atoms with Crippen LogP contribution in [-0.4, -0.2) is 16.7 Å². The van der Waals surface area contributed by atoms with Crippen LogP contribution in [0.3, 0.4) is 0 Å². The van der Waals surface area contributed by atoms with E-state index in [9.17, 15) is 4.79 Å². The first-order valence-electron chi connectivity index (χ1n) is 7.01. The molecule has 0 unspecified atom stereocenters. The molecule has 102 valence electrons.